The maximum Gasteiger partial charge on any atom is 0.260 e. The second-order valence-corrected chi connectivity index (χ2v) is 10.6. The first-order valence-corrected chi connectivity index (χ1v) is 12.4. The Morgan fingerprint density at radius 2 is 2.09 bits per heavy atom. The van der Waals surface area contributed by atoms with Crippen molar-refractivity contribution in [2.75, 3.05) is 6.79 Å². The first-order valence-electron chi connectivity index (χ1n) is 10.7. The molecule has 3 aromatic rings. The van der Waals surface area contributed by atoms with Gasteiger partial charge in [0.25, 0.3) is 5.56 Å². The Labute approximate surface area is 194 Å². The third-order valence-electron chi connectivity index (χ3n) is 5.65. The van der Waals surface area contributed by atoms with Gasteiger partial charge in [-0.3, -0.25) is 9.59 Å². The number of thioether (sulfide) groups is 1. The van der Waals surface area contributed by atoms with Crippen molar-refractivity contribution < 1.29 is 14.3 Å². The average molecular weight is 474 g/mol. The molecule has 0 aliphatic carbocycles. The van der Waals surface area contributed by atoms with Crippen LogP contribution >= 0.6 is 23.1 Å². The second kappa shape index (κ2) is 9.54. The van der Waals surface area contributed by atoms with E-state index < -0.39 is 5.25 Å². The summed E-state index contributed by atoms with van der Waals surface area (Å²) in [5.41, 5.74) is 1.89. The number of benzene rings is 1. The van der Waals surface area contributed by atoms with Gasteiger partial charge in [-0.05, 0) is 49.4 Å². The molecule has 0 saturated carbocycles. The third kappa shape index (κ3) is 4.78. The predicted octanol–water partition coefficient (Wildman–Crippen LogP) is 4.41. The van der Waals surface area contributed by atoms with E-state index in [0.717, 1.165) is 33.7 Å². The largest absolute Gasteiger partial charge is 0.454 e. The summed E-state index contributed by atoms with van der Waals surface area (Å²) in [5.74, 6) is 1.78. The molecule has 1 aliphatic rings. The minimum atomic E-state index is -0.412. The number of ether oxygens (including phenoxy) is 2. The van der Waals surface area contributed by atoms with Crippen molar-refractivity contribution in [2.24, 2.45) is 5.92 Å². The second-order valence-electron chi connectivity index (χ2n) is 8.07. The Hall–Kier alpha value is -2.52. The van der Waals surface area contributed by atoms with E-state index in [0.29, 0.717) is 34.5 Å². The number of aromatic nitrogens is 2. The molecular formula is C23H27N3O4S2. The molecule has 7 nitrogen and oxygen atoms in total. The number of fused-ring (bicyclic) bond motifs is 2. The van der Waals surface area contributed by atoms with E-state index in [1.165, 1.54) is 11.8 Å². The van der Waals surface area contributed by atoms with Crippen LogP contribution < -0.4 is 20.3 Å². The van der Waals surface area contributed by atoms with Gasteiger partial charge in [0.1, 0.15) is 4.83 Å². The molecule has 4 rings (SSSR count). The minimum absolute atomic E-state index is 0.129. The van der Waals surface area contributed by atoms with Crippen LogP contribution in [0.25, 0.3) is 10.2 Å². The Bertz CT molecular complexity index is 1200. The number of nitrogens with one attached hydrogen (secondary N) is 2. The van der Waals surface area contributed by atoms with Crippen LogP contribution in [0.3, 0.4) is 0 Å². The summed E-state index contributed by atoms with van der Waals surface area (Å²) in [4.78, 5) is 34.8. The summed E-state index contributed by atoms with van der Waals surface area (Å²) >= 11 is 2.80. The molecule has 0 spiro atoms. The SMILES string of the molecule is CC[C@@H](C)Cc1c(C)sc2nc(S[C@@H](C)C(=O)NCc3ccc4c(c3)OCO4)[nH]c(=O)c12. The fourth-order valence-corrected chi connectivity index (χ4v) is 5.49. The number of hydrogen-bond donors (Lipinski definition) is 2. The number of rotatable bonds is 8. The van der Waals surface area contributed by atoms with E-state index in [1.807, 2.05) is 25.1 Å². The topological polar surface area (TPSA) is 93.3 Å². The molecule has 9 heteroatoms. The smallest absolute Gasteiger partial charge is 0.260 e. The summed E-state index contributed by atoms with van der Waals surface area (Å²) in [6.45, 7) is 8.80. The lowest BCUT2D eigenvalue weighted by Crippen LogP contribution is -2.30. The first kappa shape index (κ1) is 22.7. The summed E-state index contributed by atoms with van der Waals surface area (Å²) in [6.07, 6.45) is 1.94. The molecule has 0 fully saturated rings. The number of aromatic amines is 1. The van der Waals surface area contributed by atoms with Crippen molar-refractivity contribution in [3.8, 4) is 11.5 Å². The normalized spacial score (nSPS) is 14.5. The van der Waals surface area contributed by atoms with Crippen molar-refractivity contribution in [1.29, 1.82) is 0 Å². The molecule has 0 radical (unpaired) electrons. The summed E-state index contributed by atoms with van der Waals surface area (Å²) in [7, 11) is 0. The van der Waals surface area contributed by atoms with E-state index >= 15 is 0 Å². The highest BCUT2D eigenvalue weighted by Crippen LogP contribution is 2.33. The number of H-pyrrole nitrogens is 1. The average Bonchev–Trinajstić information content (AvgIpc) is 3.35. The van der Waals surface area contributed by atoms with Crippen LogP contribution in [0.4, 0.5) is 0 Å². The summed E-state index contributed by atoms with van der Waals surface area (Å²) in [6, 6.07) is 5.60. The molecule has 2 aromatic heterocycles. The number of aryl methyl sites for hydroxylation is 1. The van der Waals surface area contributed by atoms with Crippen molar-refractivity contribution >= 4 is 39.2 Å². The zero-order valence-electron chi connectivity index (χ0n) is 18.6. The Balaban J connectivity index is 1.43. The van der Waals surface area contributed by atoms with Crippen molar-refractivity contribution in [1.82, 2.24) is 15.3 Å². The van der Waals surface area contributed by atoms with Gasteiger partial charge >= 0.3 is 0 Å². The van der Waals surface area contributed by atoms with E-state index in [1.54, 1.807) is 18.3 Å². The zero-order chi connectivity index (χ0) is 22.8. The number of thiophene rings is 1. The highest BCUT2D eigenvalue weighted by molar-refractivity contribution is 8.00. The van der Waals surface area contributed by atoms with Gasteiger partial charge in [-0.2, -0.15) is 0 Å². The molecule has 1 aromatic carbocycles. The minimum Gasteiger partial charge on any atom is -0.454 e. The van der Waals surface area contributed by atoms with Gasteiger partial charge in [-0.15, -0.1) is 11.3 Å². The van der Waals surface area contributed by atoms with Crippen molar-refractivity contribution in [3.05, 3.63) is 44.6 Å². The van der Waals surface area contributed by atoms with Crippen LogP contribution in [0.2, 0.25) is 0 Å². The fraction of sp³-hybridized carbons (Fsp3) is 0.435. The van der Waals surface area contributed by atoms with Crippen LogP contribution in [-0.2, 0) is 17.8 Å². The highest BCUT2D eigenvalue weighted by Gasteiger charge is 2.20. The Morgan fingerprint density at radius 3 is 2.88 bits per heavy atom. The fourth-order valence-electron chi connectivity index (χ4n) is 3.55. The van der Waals surface area contributed by atoms with Gasteiger partial charge in [-0.25, -0.2) is 4.98 Å². The van der Waals surface area contributed by atoms with Crippen LogP contribution in [0.15, 0.2) is 28.2 Å². The lowest BCUT2D eigenvalue weighted by molar-refractivity contribution is -0.120. The number of nitrogens with zero attached hydrogens (tertiary/aromatic N) is 1. The molecule has 0 bridgehead atoms. The summed E-state index contributed by atoms with van der Waals surface area (Å²) < 4.78 is 10.7. The molecular weight excluding hydrogens is 446 g/mol. The van der Waals surface area contributed by atoms with Crippen LogP contribution in [0, 0.1) is 12.8 Å². The van der Waals surface area contributed by atoms with Gasteiger partial charge in [0.15, 0.2) is 16.7 Å². The van der Waals surface area contributed by atoms with E-state index in [4.69, 9.17) is 9.47 Å². The molecule has 2 atom stereocenters. The monoisotopic (exact) mass is 473 g/mol. The maximum absolute atomic E-state index is 12.8. The molecule has 0 saturated heterocycles. The summed E-state index contributed by atoms with van der Waals surface area (Å²) in [5, 5.41) is 3.67. The molecule has 170 valence electrons. The van der Waals surface area contributed by atoms with Gasteiger partial charge in [0.2, 0.25) is 12.7 Å². The predicted molar refractivity (Wildman–Crippen MR) is 128 cm³/mol. The molecule has 1 aliphatic heterocycles. The first-order chi connectivity index (χ1) is 15.4. The van der Waals surface area contributed by atoms with Gasteiger partial charge in [0, 0.05) is 11.4 Å². The molecule has 1 amide bonds. The standard InChI is InChI=1S/C23H27N3O4S2/c1-5-12(2)8-16-13(3)31-22-19(16)21(28)25-23(26-22)32-14(4)20(27)24-10-15-6-7-17-18(9-15)30-11-29-17/h6-7,9,12,14H,5,8,10-11H2,1-4H3,(H,24,27)(H,25,26,28)/t12-,14+/m1/s1. The Kier molecular flexibility index (Phi) is 6.76. The van der Waals surface area contributed by atoms with Crippen molar-refractivity contribution in [3.63, 3.8) is 0 Å². The third-order valence-corrected chi connectivity index (χ3v) is 7.68. The van der Waals surface area contributed by atoms with Crippen LogP contribution in [0.5, 0.6) is 11.5 Å². The van der Waals surface area contributed by atoms with E-state index in [-0.39, 0.29) is 18.3 Å². The van der Waals surface area contributed by atoms with E-state index in [9.17, 15) is 9.59 Å². The maximum atomic E-state index is 12.8. The molecule has 2 N–H and O–H groups in total. The van der Waals surface area contributed by atoms with E-state index in [2.05, 4.69) is 29.1 Å². The number of carbonyl (C=O) groups excluding carboxylic acids is 1. The molecule has 0 unspecified atom stereocenters. The van der Waals surface area contributed by atoms with Gasteiger partial charge < -0.3 is 19.8 Å². The van der Waals surface area contributed by atoms with Gasteiger partial charge in [-0.1, -0.05) is 38.1 Å². The van der Waals surface area contributed by atoms with Gasteiger partial charge in [0.05, 0.1) is 10.6 Å². The number of amides is 1. The quantitative estimate of drug-likeness (QED) is 0.372. The zero-order valence-corrected chi connectivity index (χ0v) is 20.2. The lowest BCUT2D eigenvalue weighted by atomic mass is 9.98. The molecule has 3 heterocycles. The van der Waals surface area contributed by atoms with Crippen LogP contribution in [0.1, 0.15) is 43.2 Å². The van der Waals surface area contributed by atoms with Crippen molar-refractivity contribution in [2.45, 2.75) is 57.5 Å². The molecule has 32 heavy (non-hydrogen) atoms. The van der Waals surface area contributed by atoms with Crippen LogP contribution in [-0.4, -0.2) is 27.9 Å². The highest BCUT2D eigenvalue weighted by atomic mass is 32.2. The lowest BCUT2D eigenvalue weighted by Gasteiger charge is -2.12. The number of hydrogen-bond acceptors (Lipinski definition) is 7. The Morgan fingerprint density at radius 1 is 1.31 bits per heavy atom. The number of carbonyl (C=O) groups is 1.